The van der Waals surface area contributed by atoms with Gasteiger partial charge in [0.15, 0.2) is 0 Å². The van der Waals surface area contributed by atoms with Crippen LogP contribution in [0.25, 0.3) is 0 Å². The van der Waals surface area contributed by atoms with E-state index < -0.39 is 29.7 Å². The lowest BCUT2D eigenvalue weighted by Crippen LogP contribution is -2.54. The van der Waals surface area contributed by atoms with Gasteiger partial charge in [0.05, 0.1) is 31.2 Å². The number of nitrogens with zero attached hydrogens (tertiary/aromatic N) is 1. The topological polar surface area (TPSA) is 83.6 Å². The fraction of sp³-hybridized carbons (Fsp3) is 0.231. The molecule has 0 radical (unpaired) electrons. The van der Waals surface area contributed by atoms with Crippen LogP contribution in [0.5, 0.6) is 0 Å². The van der Waals surface area contributed by atoms with E-state index >= 15 is 0 Å². The minimum atomic E-state index is -1.12. The third-order valence-corrected chi connectivity index (χ3v) is 5.46. The zero-order valence-electron chi connectivity index (χ0n) is 11.1. The molecular formula is C13H6Cl4N2O4. The zero-order valence-corrected chi connectivity index (χ0v) is 14.1. The van der Waals surface area contributed by atoms with Crippen LogP contribution in [0.15, 0.2) is 0 Å². The molecule has 3 rings (SSSR count). The van der Waals surface area contributed by atoms with Gasteiger partial charge in [0.2, 0.25) is 11.8 Å². The van der Waals surface area contributed by atoms with E-state index in [-0.39, 0.29) is 44.1 Å². The number of hydrogen-bond donors (Lipinski definition) is 1. The average molecular weight is 396 g/mol. The summed E-state index contributed by atoms with van der Waals surface area (Å²) in [7, 11) is 0. The first-order chi connectivity index (χ1) is 10.8. The van der Waals surface area contributed by atoms with Crippen LogP contribution in [0, 0.1) is 0 Å². The fourth-order valence-corrected chi connectivity index (χ4v) is 3.59. The van der Waals surface area contributed by atoms with Gasteiger partial charge >= 0.3 is 0 Å². The molecule has 6 nitrogen and oxygen atoms in total. The van der Waals surface area contributed by atoms with Gasteiger partial charge in [0.25, 0.3) is 11.8 Å². The minimum absolute atomic E-state index is 0.00673. The molecule has 23 heavy (non-hydrogen) atoms. The number of imide groups is 2. The number of carbonyl (C=O) groups is 4. The van der Waals surface area contributed by atoms with Crippen LogP contribution in [0.3, 0.4) is 0 Å². The number of nitrogens with one attached hydrogen (secondary N) is 1. The van der Waals surface area contributed by atoms with Gasteiger partial charge in [0.1, 0.15) is 6.04 Å². The summed E-state index contributed by atoms with van der Waals surface area (Å²) in [5.74, 6) is -2.81. The molecule has 1 aromatic rings. The number of halogens is 4. The number of rotatable bonds is 1. The first kappa shape index (κ1) is 16.5. The Morgan fingerprint density at radius 3 is 1.74 bits per heavy atom. The number of amides is 4. The van der Waals surface area contributed by atoms with Crippen molar-refractivity contribution in [1.29, 1.82) is 0 Å². The lowest BCUT2D eigenvalue weighted by atomic mass is 10.0. The van der Waals surface area contributed by atoms with Crippen LogP contribution in [0.1, 0.15) is 33.6 Å². The Bertz CT molecular complexity index is 761. The minimum Gasteiger partial charge on any atom is -0.295 e. The highest BCUT2D eigenvalue weighted by Crippen LogP contribution is 2.45. The Kier molecular flexibility index (Phi) is 4.04. The van der Waals surface area contributed by atoms with Crippen LogP contribution in [0.4, 0.5) is 0 Å². The van der Waals surface area contributed by atoms with Crippen molar-refractivity contribution >= 4 is 70.0 Å². The van der Waals surface area contributed by atoms with E-state index in [1.165, 1.54) is 0 Å². The van der Waals surface area contributed by atoms with Crippen molar-refractivity contribution in [2.75, 3.05) is 0 Å². The molecule has 1 N–H and O–H groups in total. The molecule has 0 aliphatic carbocycles. The van der Waals surface area contributed by atoms with E-state index in [0.717, 1.165) is 4.90 Å². The first-order valence-electron chi connectivity index (χ1n) is 6.33. The molecule has 1 fully saturated rings. The Balaban J connectivity index is 2.12. The lowest BCUT2D eigenvalue weighted by Gasteiger charge is -2.27. The van der Waals surface area contributed by atoms with Crippen LogP contribution in [-0.4, -0.2) is 34.6 Å². The molecule has 4 amide bonds. The second-order valence-corrected chi connectivity index (χ2v) is 6.46. The monoisotopic (exact) mass is 394 g/mol. The van der Waals surface area contributed by atoms with Crippen LogP contribution in [-0.2, 0) is 9.59 Å². The summed E-state index contributed by atoms with van der Waals surface area (Å²) in [6.07, 6.45) is 0.0274. The molecule has 2 aliphatic heterocycles. The summed E-state index contributed by atoms with van der Waals surface area (Å²) < 4.78 is 0. The third-order valence-electron chi connectivity index (χ3n) is 3.65. The van der Waals surface area contributed by atoms with Crippen molar-refractivity contribution < 1.29 is 19.2 Å². The maximum atomic E-state index is 12.6. The van der Waals surface area contributed by atoms with Gasteiger partial charge in [-0.05, 0) is 6.42 Å². The molecule has 0 aromatic heterocycles. The largest absolute Gasteiger partial charge is 0.295 e. The summed E-state index contributed by atoms with van der Waals surface area (Å²) in [6, 6.07) is -1.12. The summed E-state index contributed by atoms with van der Waals surface area (Å²) in [5.41, 5.74) is -0.387. The van der Waals surface area contributed by atoms with Crippen LogP contribution >= 0.6 is 46.4 Å². The molecule has 2 aliphatic rings. The van der Waals surface area contributed by atoms with Gasteiger partial charge in [-0.1, -0.05) is 46.4 Å². The standard InChI is InChI=1S/C13H6Cl4N2O4/c14-7-5-6(8(15)10(17)9(7)16)13(23)19(12(5)22)3-1-2-4(20)18-11(3)21/h3H,1-2H2,(H,18,20,21)/t3-/m0/s1. The fourth-order valence-electron chi connectivity index (χ4n) is 2.58. The molecule has 0 bridgehead atoms. The zero-order chi connectivity index (χ0) is 17.0. The van der Waals surface area contributed by atoms with Crippen molar-refractivity contribution in [3.8, 4) is 0 Å². The molecule has 1 saturated heterocycles. The van der Waals surface area contributed by atoms with Crippen molar-refractivity contribution in [2.45, 2.75) is 18.9 Å². The Hall–Kier alpha value is -1.34. The van der Waals surface area contributed by atoms with Gasteiger partial charge in [-0.2, -0.15) is 0 Å². The van der Waals surface area contributed by atoms with Crippen molar-refractivity contribution in [3.05, 3.63) is 31.2 Å². The van der Waals surface area contributed by atoms with Gasteiger partial charge in [-0.15, -0.1) is 0 Å². The smallest absolute Gasteiger partial charge is 0.263 e. The van der Waals surface area contributed by atoms with Gasteiger partial charge in [0, 0.05) is 6.42 Å². The molecule has 1 aromatic carbocycles. The molecule has 1 atom stereocenters. The summed E-state index contributed by atoms with van der Waals surface area (Å²) in [4.78, 5) is 49.0. The summed E-state index contributed by atoms with van der Waals surface area (Å²) in [6.45, 7) is 0. The third kappa shape index (κ3) is 2.32. The Labute approximate surface area is 149 Å². The average Bonchev–Trinajstić information content (AvgIpc) is 2.75. The second kappa shape index (κ2) is 5.63. The molecule has 0 spiro atoms. The highest BCUT2D eigenvalue weighted by atomic mass is 35.5. The maximum absolute atomic E-state index is 12.6. The van der Waals surface area contributed by atoms with Gasteiger partial charge in [-0.3, -0.25) is 29.4 Å². The van der Waals surface area contributed by atoms with E-state index in [1.54, 1.807) is 0 Å². The number of fused-ring (bicyclic) bond motifs is 1. The van der Waals surface area contributed by atoms with Crippen molar-refractivity contribution in [1.82, 2.24) is 10.2 Å². The number of benzene rings is 1. The lowest BCUT2D eigenvalue weighted by molar-refractivity contribution is -0.136. The summed E-state index contributed by atoms with van der Waals surface area (Å²) in [5, 5.41) is 1.38. The van der Waals surface area contributed by atoms with E-state index in [9.17, 15) is 19.2 Å². The predicted octanol–water partition coefficient (Wildman–Crippen LogP) is 2.70. The molecule has 0 saturated carbocycles. The summed E-state index contributed by atoms with van der Waals surface area (Å²) >= 11 is 23.8. The first-order valence-corrected chi connectivity index (χ1v) is 7.84. The van der Waals surface area contributed by atoms with Crippen LogP contribution in [0.2, 0.25) is 20.1 Å². The van der Waals surface area contributed by atoms with Crippen LogP contribution < -0.4 is 5.32 Å². The predicted molar refractivity (Wildman–Crippen MR) is 83.2 cm³/mol. The second-order valence-electron chi connectivity index (χ2n) is 4.95. The molecule has 120 valence electrons. The van der Waals surface area contributed by atoms with Crippen molar-refractivity contribution in [3.63, 3.8) is 0 Å². The Morgan fingerprint density at radius 2 is 1.30 bits per heavy atom. The van der Waals surface area contributed by atoms with E-state index in [2.05, 4.69) is 5.32 Å². The molecule has 2 heterocycles. The maximum Gasteiger partial charge on any atom is 0.263 e. The van der Waals surface area contributed by atoms with E-state index in [1.807, 2.05) is 0 Å². The molecule has 0 unspecified atom stereocenters. The van der Waals surface area contributed by atoms with Gasteiger partial charge < -0.3 is 0 Å². The quantitative estimate of drug-likeness (QED) is 0.450. The van der Waals surface area contributed by atoms with Gasteiger partial charge in [-0.25, -0.2) is 0 Å². The highest BCUT2D eigenvalue weighted by Gasteiger charge is 2.47. The Morgan fingerprint density at radius 1 is 0.826 bits per heavy atom. The number of hydrogen-bond acceptors (Lipinski definition) is 4. The normalized spacial score (nSPS) is 20.9. The highest BCUT2D eigenvalue weighted by molar-refractivity contribution is 6.55. The SMILES string of the molecule is O=C1CC[C@H](N2C(=O)c3c(Cl)c(Cl)c(Cl)c(Cl)c3C2=O)C(=O)N1. The number of carbonyl (C=O) groups excluding carboxylic acids is 4. The van der Waals surface area contributed by atoms with Crippen molar-refractivity contribution in [2.24, 2.45) is 0 Å². The van der Waals surface area contributed by atoms with E-state index in [0.29, 0.717) is 0 Å². The molecular weight excluding hydrogens is 390 g/mol. The molecule has 10 heteroatoms. The number of piperidine rings is 1. The van der Waals surface area contributed by atoms with E-state index in [4.69, 9.17) is 46.4 Å².